The van der Waals surface area contributed by atoms with Crippen molar-refractivity contribution in [2.75, 3.05) is 18.5 Å². The van der Waals surface area contributed by atoms with Gasteiger partial charge in [-0.3, -0.25) is 0 Å². The molecule has 106 valence electrons. The smallest absolute Gasteiger partial charge is 0.0429 e. The maximum absolute atomic E-state index is 3.18. The van der Waals surface area contributed by atoms with Crippen molar-refractivity contribution in [3.05, 3.63) is 65.2 Å². The van der Waals surface area contributed by atoms with Crippen molar-refractivity contribution in [2.45, 2.75) is 26.9 Å². The fraction of sp³-hybridized carbons (Fsp3) is 0.333. The lowest BCUT2D eigenvalue weighted by Gasteiger charge is -2.23. The van der Waals surface area contributed by atoms with Gasteiger partial charge >= 0.3 is 0 Å². The molecular formula is C18H24N2. The first-order chi connectivity index (χ1) is 9.72. The van der Waals surface area contributed by atoms with Gasteiger partial charge in [-0.15, -0.1) is 0 Å². The lowest BCUT2D eigenvalue weighted by Crippen LogP contribution is -2.21. The Morgan fingerprint density at radius 3 is 2.05 bits per heavy atom. The summed E-state index contributed by atoms with van der Waals surface area (Å²) >= 11 is 0. The summed E-state index contributed by atoms with van der Waals surface area (Å²) in [6, 6.07) is 17.6. The zero-order chi connectivity index (χ0) is 14.4. The average Bonchev–Trinajstić information content (AvgIpc) is 2.48. The highest BCUT2D eigenvalue weighted by molar-refractivity contribution is 5.48. The molecule has 0 saturated carbocycles. The third-order valence-corrected chi connectivity index (χ3v) is 3.56. The highest BCUT2D eigenvalue weighted by Gasteiger charge is 2.05. The van der Waals surface area contributed by atoms with Crippen molar-refractivity contribution >= 4 is 5.69 Å². The number of aryl methyl sites for hydroxylation is 1. The van der Waals surface area contributed by atoms with Gasteiger partial charge in [-0.05, 0) is 44.2 Å². The largest absolute Gasteiger partial charge is 0.367 e. The molecule has 0 fully saturated rings. The van der Waals surface area contributed by atoms with Crippen LogP contribution in [0.4, 0.5) is 5.69 Å². The zero-order valence-corrected chi connectivity index (χ0v) is 12.7. The first kappa shape index (κ1) is 14.6. The summed E-state index contributed by atoms with van der Waals surface area (Å²) in [5, 5.41) is 3.18. The topological polar surface area (TPSA) is 15.3 Å². The minimum absolute atomic E-state index is 0.926. The molecular weight excluding hydrogens is 244 g/mol. The fourth-order valence-electron chi connectivity index (χ4n) is 2.33. The van der Waals surface area contributed by atoms with E-state index in [-0.39, 0.29) is 0 Å². The van der Waals surface area contributed by atoms with Crippen molar-refractivity contribution in [1.29, 1.82) is 0 Å². The molecule has 0 bridgehead atoms. The Hall–Kier alpha value is -1.80. The Morgan fingerprint density at radius 2 is 1.50 bits per heavy atom. The van der Waals surface area contributed by atoms with Gasteiger partial charge in [0.05, 0.1) is 0 Å². The summed E-state index contributed by atoms with van der Waals surface area (Å²) in [5.41, 5.74) is 5.28. The van der Waals surface area contributed by atoms with Crippen LogP contribution >= 0.6 is 0 Å². The Kier molecular flexibility index (Phi) is 5.19. The van der Waals surface area contributed by atoms with E-state index >= 15 is 0 Å². The molecule has 0 spiro atoms. The molecule has 0 aliphatic rings. The molecule has 0 radical (unpaired) electrons. The van der Waals surface area contributed by atoms with E-state index in [0.717, 1.165) is 19.6 Å². The number of nitrogens with one attached hydrogen (secondary N) is 1. The van der Waals surface area contributed by atoms with Crippen LogP contribution in [0, 0.1) is 6.92 Å². The zero-order valence-electron chi connectivity index (χ0n) is 12.7. The maximum atomic E-state index is 3.18. The van der Waals surface area contributed by atoms with Crippen LogP contribution in [0.1, 0.15) is 23.6 Å². The molecule has 0 aromatic heterocycles. The van der Waals surface area contributed by atoms with Crippen molar-refractivity contribution in [3.63, 3.8) is 0 Å². The van der Waals surface area contributed by atoms with Crippen LogP contribution in [-0.2, 0) is 13.1 Å². The van der Waals surface area contributed by atoms with Gasteiger partial charge in [-0.1, -0.05) is 42.0 Å². The molecule has 0 aliphatic heterocycles. The SMILES string of the molecule is CCN(Cc1ccc(CNC)cc1)c1ccc(C)cc1. The van der Waals surface area contributed by atoms with Gasteiger partial charge in [0.2, 0.25) is 0 Å². The second-order valence-corrected chi connectivity index (χ2v) is 5.20. The maximum Gasteiger partial charge on any atom is 0.0429 e. The minimum Gasteiger partial charge on any atom is -0.367 e. The molecule has 0 aliphatic carbocycles. The van der Waals surface area contributed by atoms with E-state index in [4.69, 9.17) is 0 Å². The van der Waals surface area contributed by atoms with Crippen molar-refractivity contribution < 1.29 is 0 Å². The van der Waals surface area contributed by atoms with E-state index in [1.165, 1.54) is 22.4 Å². The number of hydrogen-bond donors (Lipinski definition) is 1. The van der Waals surface area contributed by atoms with Gasteiger partial charge < -0.3 is 10.2 Å². The van der Waals surface area contributed by atoms with E-state index < -0.39 is 0 Å². The summed E-state index contributed by atoms with van der Waals surface area (Å²) in [7, 11) is 1.98. The quantitative estimate of drug-likeness (QED) is 0.858. The molecule has 0 atom stereocenters. The van der Waals surface area contributed by atoms with Crippen LogP contribution in [0.15, 0.2) is 48.5 Å². The van der Waals surface area contributed by atoms with Gasteiger partial charge in [-0.25, -0.2) is 0 Å². The van der Waals surface area contributed by atoms with Crippen molar-refractivity contribution in [2.24, 2.45) is 0 Å². The Bertz CT molecular complexity index is 514. The van der Waals surface area contributed by atoms with E-state index in [1.807, 2.05) is 7.05 Å². The highest BCUT2D eigenvalue weighted by Crippen LogP contribution is 2.18. The third kappa shape index (κ3) is 3.84. The Balaban J connectivity index is 2.07. The van der Waals surface area contributed by atoms with Gasteiger partial charge in [0.1, 0.15) is 0 Å². The number of hydrogen-bond acceptors (Lipinski definition) is 2. The standard InChI is InChI=1S/C18H24N2/c1-4-20(18-11-5-15(2)6-12-18)14-17-9-7-16(8-10-17)13-19-3/h5-12,19H,4,13-14H2,1-3H3. The van der Waals surface area contributed by atoms with Gasteiger partial charge in [0, 0.05) is 25.3 Å². The normalized spacial score (nSPS) is 10.6. The van der Waals surface area contributed by atoms with Crippen molar-refractivity contribution in [1.82, 2.24) is 5.32 Å². The minimum atomic E-state index is 0.926. The first-order valence-corrected chi connectivity index (χ1v) is 7.27. The van der Waals surface area contributed by atoms with Crippen LogP contribution in [0.5, 0.6) is 0 Å². The molecule has 2 nitrogen and oxygen atoms in total. The highest BCUT2D eigenvalue weighted by atomic mass is 15.1. The molecule has 2 aromatic carbocycles. The second kappa shape index (κ2) is 7.11. The number of benzene rings is 2. The second-order valence-electron chi connectivity index (χ2n) is 5.20. The monoisotopic (exact) mass is 268 g/mol. The van der Waals surface area contributed by atoms with Crippen molar-refractivity contribution in [3.8, 4) is 0 Å². The van der Waals surface area contributed by atoms with Gasteiger partial charge in [0.25, 0.3) is 0 Å². The molecule has 2 rings (SSSR count). The summed E-state index contributed by atoms with van der Waals surface area (Å²) in [6.45, 7) is 7.23. The number of nitrogens with zero attached hydrogens (tertiary/aromatic N) is 1. The molecule has 0 heterocycles. The van der Waals surface area contributed by atoms with Crippen LogP contribution in [0.2, 0.25) is 0 Å². The summed E-state index contributed by atoms with van der Waals surface area (Å²) in [5.74, 6) is 0. The molecule has 2 heteroatoms. The van der Waals surface area contributed by atoms with E-state index in [1.54, 1.807) is 0 Å². The fourth-order valence-corrected chi connectivity index (χ4v) is 2.33. The third-order valence-electron chi connectivity index (χ3n) is 3.56. The number of anilines is 1. The predicted octanol–water partition coefficient (Wildman–Crippen LogP) is 3.74. The van der Waals surface area contributed by atoms with Crippen LogP contribution < -0.4 is 10.2 Å². The Morgan fingerprint density at radius 1 is 0.900 bits per heavy atom. The summed E-state index contributed by atoms with van der Waals surface area (Å²) in [4.78, 5) is 2.40. The summed E-state index contributed by atoms with van der Waals surface area (Å²) in [6.07, 6.45) is 0. The van der Waals surface area contributed by atoms with E-state index in [2.05, 4.69) is 72.6 Å². The van der Waals surface area contributed by atoms with Gasteiger partial charge in [0.15, 0.2) is 0 Å². The number of rotatable bonds is 6. The summed E-state index contributed by atoms with van der Waals surface area (Å²) < 4.78 is 0. The lowest BCUT2D eigenvalue weighted by atomic mass is 10.1. The van der Waals surface area contributed by atoms with Gasteiger partial charge in [-0.2, -0.15) is 0 Å². The van der Waals surface area contributed by atoms with E-state index in [9.17, 15) is 0 Å². The molecule has 20 heavy (non-hydrogen) atoms. The molecule has 1 N–H and O–H groups in total. The van der Waals surface area contributed by atoms with Crippen LogP contribution in [0.25, 0.3) is 0 Å². The lowest BCUT2D eigenvalue weighted by molar-refractivity contribution is 0.811. The van der Waals surface area contributed by atoms with Crippen LogP contribution in [0.3, 0.4) is 0 Å². The predicted molar refractivity (Wildman–Crippen MR) is 87.1 cm³/mol. The molecule has 0 saturated heterocycles. The first-order valence-electron chi connectivity index (χ1n) is 7.27. The molecule has 0 amide bonds. The van der Waals surface area contributed by atoms with Crippen LogP contribution in [-0.4, -0.2) is 13.6 Å². The average molecular weight is 268 g/mol. The Labute approximate surface area is 122 Å². The molecule has 0 unspecified atom stereocenters. The molecule has 2 aromatic rings. The van der Waals surface area contributed by atoms with E-state index in [0.29, 0.717) is 0 Å².